The van der Waals surface area contributed by atoms with Crippen molar-refractivity contribution in [2.45, 2.75) is 58.8 Å². The molecule has 0 unspecified atom stereocenters. The van der Waals surface area contributed by atoms with Gasteiger partial charge < -0.3 is 0 Å². The summed E-state index contributed by atoms with van der Waals surface area (Å²) in [5.74, 6) is 5.02. The molecule has 23 heavy (non-hydrogen) atoms. The Bertz CT molecular complexity index is 657. The van der Waals surface area contributed by atoms with Crippen LogP contribution >= 0.6 is 0 Å². The van der Waals surface area contributed by atoms with E-state index >= 15 is 0 Å². The van der Waals surface area contributed by atoms with Crippen LogP contribution in [-0.4, -0.2) is 5.78 Å². The van der Waals surface area contributed by atoms with Gasteiger partial charge in [0, 0.05) is 6.42 Å². The van der Waals surface area contributed by atoms with E-state index in [0.29, 0.717) is 11.7 Å². The van der Waals surface area contributed by atoms with E-state index in [4.69, 9.17) is 0 Å². The molecule has 0 bridgehead atoms. The minimum Gasteiger partial charge on any atom is -0.295 e. The summed E-state index contributed by atoms with van der Waals surface area (Å²) >= 11 is 0. The van der Waals surface area contributed by atoms with Crippen molar-refractivity contribution in [1.29, 1.82) is 5.26 Å². The number of allylic oxidation sites excluding steroid dienone is 1. The van der Waals surface area contributed by atoms with E-state index in [2.05, 4.69) is 19.9 Å². The molecule has 0 aromatic rings. The average molecular weight is 309 g/mol. The minimum absolute atomic E-state index is 0.119. The summed E-state index contributed by atoms with van der Waals surface area (Å²) in [6.45, 7) is 4.66. The summed E-state index contributed by atoms with van der Waals surface area (Å²) in [5, 5.41) is 9.82. The summed E-state index contributed by atoms with van der Waals surface area (Å²) in [4.78, 5) is 11.9. The lowest BCUT2D eigenvalue weighted by Crippen LogP contribution is -2.49. The van der Waals surface area contributed by atoms with Crippen LogP contribution in [0.4, 0.5) is 0 Å². The molecule has 2 heteroatoms. The zero-order chi connectivity index (χ0) is 16.0. The van der Waals surface area contributed by atoms with E-state index in [1.165, 1.54) is 31.3 Å². The van der Waals surface area contributed by atoms with Crippen molar-refractivity contribution in [2.75, 3.05) is 0 Å². The van der Waals surface area contributed by atoms with Gasteiger partial charge in [0.15, 0.2) is 5.78 Å². The molecule has 2 nitrogen and oxygen atoms in total. The number of hydrogen-bond donors (Lipinski definition) is 0. The Morgan fingerprint density at radius 1 is 1.13 bits per heavy atom. The number of carbonyl (C=O) groups excluding carboxylic acids is 1. The lowest BCUT2D eigenvalue weighted by molar-refractivity contribution is -0.116. The maximum Gasteiger partial charge on any atom is 0.155 e. The van der Waals surface area contributed by atoms with Gasteiger partial charge in [-0.05, 0) is 92.4 Å². The summed E-state index contributed by atoms with van der Waals surface area (Å²) in [6.07, 6.45) is 10.1. The Hall–Kier alpha value is -1.10. The normalized spacial score (nSPS) is 56.6. The maximum absolute atomic E-state index is 11.9. The summed E-state index contributed by atoms with van der Waals surface area (Å²) in [6, 6.07) is 2.71. The van der Waals surface area contributed by atoms with Gasteiger partial charge in [-0.3, -0.25) is 4.79 Å². The third-order valence-electron chi connectivity index (χ3n) is 8.97. The molecule has 0 aromatic heterocycles. The molecule has 0 aliphatic heterocycles. The van der Waals surface area contributed by atoms with Gasteiger partial charge in [-0.1, -0.05) is 12.5 Å². The summed E-state index contributed by atoms with van der Waals surface area (Å²) in [5.41, 5.74) is 1.64. The molecule has 4 saturated carbocycles. The van der Waals surface area contributed by atoms with Crippen molar-refractivity contribution >= 4 is 5.78 Å². The lowest BCUT2D eigenvalue weighted by atomic mass is 9.49. The molecule has 0 saturated heterocycles. The average Bonchev–Trinajstić information content (AvgIpc) is 3.29. The van der Waals surface area contributed by atoms with Crippen molar-refractivity contribution in [1.82, 2.24) is 0 Å². The highest BCUT2D eigenvalue weighted by Crippen LogP contribution is 2.73. The molecule has 5 aliphatic rings. The van der Waals surface area contributed by atoms with Gasteiger partial charge in [-0.25, -0.2) is 0 Å². The second-order valence-electron chi connectivity index (χ2n) is 9.55. The number of nitrogens with zero attached hydrogens (tertiary/aromatic N) is 1. The summed E-state index contributed by atoms with van der Waals surface area (Å²) < 4.78 is 0. The maximum atomic E-state index is 11.9. The van der Waals surface area contributed by atoms with Gasteiger partial charge in [0.1, 0.15) is 0 Å². The fraction of sp³-hybridized carbons (Fsp3) is 0.810. The highest BCUT2D eigenvalue weighted by atomic mass is 16.1. The second kappa shape index (κ2) is 4.29. The molecule has 0 aromatic carbocycles. The first-order valence-electron chi connectivity index (χ1n) is 9.64. The van der Waals surface area contributed by atoms with Crippen molar-refractivity contribution in [3.05, 3.63) is 11.6 Å². The van der Waals surface area contributed by atoms with Gasteiger partial charge in [0.2, 0.25) is 0 Å². The smallest absolute Gasteiger partial charge is 0.155 e. The predicted octanol–water partition coefficient (Wildman–Crippen LogP) is 4.51. The number of nitriles is 1. The van der Waals surface area contributed by atoms with E-state index in [-0.39, 0.29) is 10.8 Å². The molecular formula is C21H27NO. The zero-order valence-corrected chi connectivity index (χ0v) is 14.3. The lowest BCUT2D eigenvalue weighted by Gasteiger charge is -2.55. The van der Waals surface area contributed by atoms with E-state index < -0.39 is 0 Å². The standard InChI is InChI=1S/C21H27NO/c1-20(11-22)7-6-18-19-14(5-8-21(18,20)2)13-4-3-12(23)9-15(13)16-10-17(16)19/h9,13-14,16-19H,3-8,10H2,1-2H3/t13-,14-,16+,17+,18+,19+,20-,21+/m1/s1. The third kappa shape index (κ3) is 1.62. The van der Waals surface area contributed by atoms with Crippen LogP contribution in [0, 0.1) is 57.7 Å². The van der Waals surface area contributed by atoms with E-state index in [9.17, 15) is 10.1 Å². The molecule has 0 amide bonds. The zero-order valence-electron chi connectivity index (χ0n) is 14.3. The van der Waals surface area contributed by atoms with Crippen LogP contribution in [-0.2, 0) is 4.79 Å². The monoisotopic (exact) mass is 309 g/mol. The van der Waals surface area contributed by atoms with Gasteiger partial charge in [0.25, 0.3) is 0 Å². The van der Waals surface area contributed by atoms with Gasteiger partial charge in [-0.15, -0.1) is 0 Å². The Labute approximate surface area is 139 Å². The molecule has 4 fully saturated rings. The van der Waals surface area contributed by atoms with Gasteiger partial charge >= 0.3 is 0 Å². The van der Waals surface area contributed by atoms with Crippen molar-refractivity contribution < 1.29 is 4.79 Å². The summed E-state index contributed by atoms with van der Waals surface area (Å²) in [7, 11) is 0. The molecule has 122 valence electrons. The van der Waals surface area contributed by atoms with Crippen LogP contribution in [0.25, 0.3) is 0 Å². The molecule has 5 aliphatic carbocycles. The van der Waals surface area contributed by atoms with Crippen LogP contribution in [0.15, 0.2) is 11.6 Å². The van der Waals surface area contributed by atoms with Crippen LogP contribution in [0.3, 0.4) is 0 Å². The Kier molecular flexibility index (Phi) is 2.66. The molecule has 0 N–H and O–H groups in total. The van der Waals surface area contributed by atoms with Gasteiger partial charge in [0.05, 0.1) is 11.5 Å². The highest BCUT2D eigenvalue weighted by Gasteiger charge is 2.67. The molecule has 0 spiro atoms. The first kappa shape index (κ1) is 14.3. The first-order chi connectivity index (χ1) is 11.0. The number of ketones is 1. The van der Waals surface area contributed by atoms with E-state index in [1.807, 2.05) is 6.08 Å². The molecule has 0 radical (unpaired) electrons. The largest absolute Gasteiger partial charge is 0.295 e. The van der Waals surface area contributed by atoms with E-state index in [1.54, 1.807) is 0 Å². The number of hydrogen-bond acceptors (Lipinski definition) is 2. The fourth-order valence-corrected chi connectivity index (χ4v) is 7.46. The Morgan fingerprint density at radius 2 is 1.96 bits per heavy atom. The number of rotatable bonds is 0. The van der Waals surface area contributed by atoms with Crippen molar-refractivity contribution in [3.63, 3.8) is 0 Å². The highest BCUT2D eigenvalue weighted by molar-refractivity contribution is 5.91. The van der Waals surface area contributed by atoms with Crippen LogP contribution in [0.1, 0.15) is 58.8 Å². The number of fused-ring (bicyclic) bond motifs is 8. The van der Waals surface area contributed by atoms with Crippen molar-refractivity contribution in [3.8, 4) is 6.07 Å². The molecule has 0 heterocycles. The van der Waals surface area contributed by atoms with Crippen LogP contribution in [0.5, 0.6) is 0 Å². The molecule has 5 rings (SSSR count). The second-order valence-corrected chi connectivity index (χ2v) is 9.55. The van der Waals surface area contributed by atoms with Crippen LogP contribution < -0.4 is 0 Å². The topological polar surface area (TPSA) is 40.9 Å². The predicted molar refractivity (Wildman–Crippen MR) is 88.2 cm³/mol. The molecule has 8 atom stereocenters. The fourth-order valence-electron chi connectivity index (χ4n) is 7.46. The third-order valence-corrected chi connectivity index (χ3v) is 8.97. The van der Waals surface area contributed by atoms with E-state index in [0.717, 1.165) is 48.9 Å². The Morgan fingerprint density at radius 3 is 2.74 bits per heavy atom. The van der Waals surface area contributed by atoms with Crippen molar-refractivity contribution in [2.24, 2.45) is 46.3 Å². The number of carbonyl (C=O) groups is 1. The Balaban J connectivity index is 1.54. The minimum atomic E-state index is -0.119. The molecular weight excluding hydrogens is 282 g/mol. The SMILES string of the molecule is C[C@]1(C#N)CC[C@H]2[C@@H]3[C@H]4C[C@H]4C4=CC(=O)CC[C@@H]4[C@H]3CC[C@@]21C. The first-order valence-corrected chi connectivity index (χ1v) is 9.64. The quantitative estimate of drug-likeness (QED) is 0.660. The van der Waals surface area contributed by atoms with Crippen LogP contribution in [0.2, 0.25) is 0 Å². The van der Waals surface area contributed by atoms with Gasteiger partial charge in [-0.2, -0.15) is 5.26 Å².